The molecule has 3 heterocycles. The van der Waals surface area contributed by atoms with Gasteiger partial charge in [-0.1, -0.05) is 18.2 Å². The van der Waals surface area contributed by atoms with E-state index in [0.717, 1.165) is 11.0 Å². The molecule has 1 aromatic carbocycles. The number of hydrogen-bond donors (Lipinski definition) is 3. The smallest absolute Gasteiger partial charge is 0.410 e. The van der Waals surface area contributed by atoms with Crippen molar-refractivity contribution in [2.24, 2.45) is 0 Å². The number of benzene rings is 1. The van der Waals surface area contributed by atoms with Gasteiger partial charge in [-0.25, -0.2) is 14.8 Å². The lowest BCUT2D eigenvalue weighted by atomic mass is 10.2. The summed E-state index contributed by atoms with van der Waals surface area (Å²) < 4.78 is 5.60. The molecule has 4 rings (SSSR count). The van der Waals surface area contributed by atoms with Crippen molar-refractivity contribution < 1.29 is 14.3 Å². The van der Waals surface area contributed by atoms with E-state index in [9.17, 15) is 14.4 Å². The number of aromatic nitrogens is 4. The van der Waals surface area contributed by atoms with Gasteiger partial charge < -0.3 is 24.9 Å². The average molecular weight is 509 g/mol. The molecule has 0 atom stereocenters. The Bertz CT molecular complexity index is 1380. The second kappa shape index (κ2) is 10.7. The van der Waals surface area contributed by atoms with Gasteiger partial charge >= 0.3 is 6.09 Å². The molecule has 0 aliphatic heterocycles. The highest BCUT2D eigenvalue weighted by Gasteiger charge is 2.24. The molecule has 3 aromatic heterocycles. The lowest BCUT2D eigenvalue weighted by Gasteiger charge is -2.26. The summed E-state index contributed by atoms with van der Waals surface area (Å²) in [5, 5.41) is 5.14. The molecule has 2 amide bonds. The van der Waals surface area contributed by atoms with Crippen molar-refractivity contribution in [3.63, 3.8) is 0 Å². The number of hydrogen-bond acceptors (Lipinski definition) is 7. The molecule has 0 aliphatic carbocycles. The maximum atomic E-state index is 12.9. The van der Waals surface area contributed by atoms with Crippen LogP contribution in [0.4, 0.5) is 4.79 Å². The summed E-state index contributed by atoms with van der Waals surface area (Å²) in [6.07, 6.45) is -0.00185. The number of carbonyl (C=O) groups excluding carboxylic acids is 2. The molecule has 188 valence electrons. The molecule has 36 heavy (non-hydrogen) atoms. The van der Waals surface area contributed by atoms with Crippen molar-refractivity contribution in [3.8, 4) is 0 Å². The fraction of sp³-hybridized carbons (Fsp3) is 0.320. The molecule has 0 fully saturated rings. The first-order valence-corrected chi connectivity index (χ1v) is 12.4. The summed E-state index contributed by atoms with van der Waals surface area (Å²) in [6.45, 7) is 6.23. The van der Waals surface area contributed by atoms with E-state index < -0.39 is 11.7 Å². The monoisotopic (exact) mass is 508 g/mol. The van der Waals surface area contributed by atoms with Crippen LogP contribution < -0.4 is 10.9 Å². The molecule has 11 heteroatoms. The molecule has 0 radical (unpaired) electrons. The number of pyridine rings is 1. The molecule has 4 aromatic rings. The number of rotatable bonds is 8. The van der Waals surface area contributed by atoms with Gasteiger partial charge in [0.1, 0.15) is 17.1 Å². The second-order valence-electron chi connectivity index (χ2n) is 9.20. The first kappa shape index (κ1) is 25.1. The molecule has 3 N–H and O–H groups in total. The Hall–Kier alpha value is -3.99. The number of imidazole rings is 1. The Kier molecular flexibility index (Phi) is 7.49. The standard InChI is InChI=1S/C25H28N6O4S/c1-25(2,3)35-24(34)31(14-20-28-17-8-4-5-9-18(17)29-20)12-11-22-30-19(15-36-22)23(33)26-13-16-7-6-10-21(32)27-16/h4-10,15H,11-14H2,1-3H3,(H,26,33)(H,27,32)(H,28,29). The number of fused-ring (bicyclic) bond motifs is 1. The number of ether oxygens (including phenoxy) is 1. The zero-order chi connectivity index (χ0) is 25.7. The van der Waals surface area contributed by atoms with Crippen LogP contribution in [-0.4, -0.2) is 49.0 Å². The fourth-order valence-electron chi connectivity index (χ4n) is 3.45. The molecular weight excluding hydrogens is 480 g/mol. The van der Waals surface area contributed by atoms with Crippen LogP contribution >= 0.6 is 11.3 Å². The van der Waals surface area contributed by atoms with E-state index >= 15 is 0 Å². The van der Waals surface area contributed by atoms with Crippen molar-refractivity contribution in [1.82, 2.24) is 30.2 Å². The van der Waals surface area contributed by atoms with Crippen molar-refractivity contribution >= 4 is 34.4 Å². The third-order valence-electron chi connectivity index (χ3n) is 5.08. The Morgan fingerprint density at radius 3 is 2.64 bits per heavy atom. The molecule has 10 nitrogen and oxygen atoms in total. The zero-order valence-electron chi connectivity index (χ0n) is 20.3. The van der Waals surface area contributed by atoms with E-state index in [4.69, 9.17) is 4.74 Å². The van der Waals surface area contributed by atoms with E-state index in [1.165, 1.54) is 17.4 Å². The van der Waals surface area contributed by atoms with Gasteiger partial charge in [-0.3, -0.25) is 9.59 Å². The fourth-order valence-corrected chi connectivity index (χ4v) is 4.21. The topological polar surface area (TPSA) is 133 Å². The van der Waals surface area contributed by atoms with E-state index in [1.54, 1.807) is 22.4 Å². The van der Waals surface area contributed by atoms with Crippen molar-refractivity contribution in [3.05, 3.63) is 80.4 Å². The maximum absolute atomic E-state index is 12.9. The number of nitrogens with zero attached hydrogens (tertiary/aromatic N) is 3. The van der Waals surface area contributed by atoms with E-state index in [-0.39, 0.29) is 30.2 Å². The Labute approximate surface area is 211 Å². The Morgan fingerprint density at radius 1 is 1.08 bits per heavy atom. The molecule has 0 saturated heterocycles. The van der Waals surface area contributed by atoms with Crippen molar-refractivity contribution in [2.75, 3.05) is 6.54 Å². The van der Waals surface area contributed by atoms with Crippen molar-refractivity contribution in [1.29, 1.82) is 0 Å². The second-order valence-corrected chi connectivity index (χ2v) is 10.1. The lowest BCUT2D eigenvalue weighted by Crippen LogP contribution is -2.38. The molecule has 0 spiro atoms. The van der Waals surface area contributed by atoms with Crippen LogP contribution in [0.2, 0.25) is 0 Å². The molecule has 0 unspecified atom stereocenters. The normalized spacial score (nSPS) is 11.4. The van der Waals surface area contributed by atoms with Crippen LogP contribution in [0.15, 0.2) is 52.6 Å². The Balaban J connectivity index is 1.40. The summed E-state index contributed by atoms with van der Waals surface area (Å²) in [4.78, 5) is 53.3. The molecule has 0 saturated carbocycles. The van der Waals surface area contributed by atoms with E-state index in [2.05, 4.69) is 25.3 Å². The highest BCUT2D eigenvalue weighted by Crippen LogP contribution is 2.17. The quantitative estimate of drug-likeness (QED) is 0.333. The SMILES string of the molecule is CC(C)(C)OC(=O)N(CCc1nc(C(=O)NCc2cccc(=O)[nH]2)cs1)Cc1nc2ccccc2[nH]1. The van der Waals surface area contributed by atoms with Crippen LogP contribution in [0, 0.1) is 0 Å². The summed E-state index contributed by atoms with van der Waals surface area (Å²) in [5.41, 5.74) is 1.74. The summed E-state index contributed by atoms with van der Waals surface area (Å²) in [7, 11) is 0. The van der Waals surface area contributed by atoms with Gasteiger partial charge in [0.25, 0.3) is 5.91 Å². The van der Waals surface area contributed by atoms with E-state index in [0.29, 0.717) is 29.5 Å². The third kappa shape index (κ3) is 6.79. The third-order valence-corrected chi connectivity index (χ3v) is 5.99. The van der Waals surface area contributed by atoms with Crippen molar-refractivity contribution in [2.45, 2.75) is 45.9 Å². The summed E-state index contributed by atoms with van der Waals surface area (Å²) in [6, 6.07) is 12.4. The van der Waals surface area contributed by atoms with Gasteiger partial charge in [-0.2, -0.15) is 0 Å². The summed E-state index contributed by atoms with van der Waals surface area (Å²) in [5.74, 6) is 0.314. The van der Waals surface area contributed by atoms with Gasteiger partial charge in [0, 0.05) is 30.1 Å². The highest BCUT2D eigenvalue weighted by atomic mass is 32.1. The van der Waals surface area contributed by atoms with Crippen LogP contribution in [0.5, 0.6) is 0 Å². The number of amides is 2. The van der Waals surface area contributed by atoms with E-state index in [1.807, 2.05) is 45.0 Å². The number of thiazole rings is 1. The number of para-hydroxylation sites is 2. The van der Waals surface area contributed by atoms with Crippen LogP contribution in [0.1, 0.15) is 47.8 Å². The minimum Gasteiger partial charge on any atom is -0.444 e. The van der Waals surface area contributed by atoms with Crippen LogP contribution in [0.25, 0.3) is 11.0 Å². The largest absolute Gasteiger partial charge is 0.444 e. The van der Waals surface area contributed by atoms with Crippen LogP contribution in [-0.2, 0) is 24.2 Å². The van der Waals surface area contributed by atoms with Gasteiger partial charge in [0.05, 0.1) is 29.1 Å². The first-order chi connectivity index (χ1) is 17.2. The number of carbonyl (C=O) groups is 2. The first-order valence-electron chi connectivity index (χ1n) is 11.5. The summed E-state index contributed by atoms with van der Waals surface area (Å²) >= 11 is 1.35. The molecular formula is C25H28N6O4S. The maximum Gasteiger partial charge on any atom is 0.410 e. The van der Waals surface area contributed by atoms with Gasteiger partial charge in [0.15, 0.2) is 0 Å². The highest BCUT2D eigenvalue weighted by molar-refractivity contribution is 7.09. The number of H-pyrrole nitrogens is 2. The van der Waals surface area contributed by atoms with Gasteiger partial charge in [-0.05, 0) is 39.0 Å². The predicted octanol–water partition coefficient (Wildman–Crippen LogP) is 3.62. The zero-order valence-corrected chi connectivity index (χ0v) is 21.1. The number of nitrogens with one attached hydrogen (secondary N) is 3. The van der Waals surface area contributed by atoms with Gasteiger partial charge in [0.2, 0.25) is 5.56 Å². The predicted molar refractivity (Wildman–Crippen MR) is 137 cm³/mol. The van der Waals surface area contributed by atoms with Gasteiger partial charge in [-0.15, -0.1) is 11.3 Å². The minimum atomic E-state index is -0.640. The molecule has 0 aliphatic rings. The lowest BCUT2D eigenvalue weighted by molar-refractivity contribution is 0.0231. The Morgan fingerprint density at radius 2 is 1.89 bits per heavy atom. The van der Waals surface area contributed by atoms with Crippen LogP contribution in [0.3, 0.4) is 0 Å². The molecule has 0 bridgehead atoms. The number of aromatic amines is 2. The average Bonchev–Trinajstić information content (AvgIpc) is 3.45. The minimum absolute atomic E-state index is 0.186.